The number of carbonyl (C=O) groups is 1. The summed E-state index contributed by atoms with van der Waals surface area (Å²) < 4.78 is 0. The summed E-state index contributed by atoms with van der Waals surface area (Å²) in [5.41, 5.74) is 7.37. The van der Waals surface area contributed by atoms with E-state index in [0.717, 1.165) is 30.0 Å². The van der Waals surface area contributed by atoms with Crippen LogP contribution in [0.2, 0.25) is 0 Å². The fourth-order valence-corrected chi connectivity index (χ4v) is 2.89. The van der Waals surface area contributed by atoms with Crippen LogP contribution in [-0.2, 0) is 11.2 Å². The molecule has 2 rings (SSSR count). The third-order valence-corrected chi connectivity index (χ3v) is 4.19. The minimum absolute atomic E-state index is 0.0890. The normalized spacial score (nSPS) is 15.2. The molecule has 1 aliphatic rings. The fraction of sp³-hybridized carbons (Fsp3) is 0.500. The highest BCUT2D eigenvalue weighted by Crippen LogP contribution is 2.26. The SMILES string of the molecule is NC(=S)c1ccc(CC(=O)NCCC2CCCC2)cc1. The van der Waals surface area contributed by atoms with Crippen LogP contribution >= 0.6 is 12.2 Å². The predicted molar refractivity (Wildman–Crippen MR) is 85.6 cm³/mol. The van der Waals surface area contributed by atoms with E-state index in [9.17, 15) is 4.79 Å². The standard InChI is InChI=1S/C16H22N2OS/c17-16(20)14-7-5-13(6-8-14)11-15(19)18-10-9-12-3-1-2-4-12/h5-8,12H,1-4,9-11H2,(H2,17,20)(H,18,19). The smallest absolute Gasteiger partial charge is 0.224 e. The van der Waals surface area contributed by atoms with Gasteiger partial charge in [0.1, 0.15) is 4.99 Å². The number of carbonyl (C=O) groups excluding carboxylic acids is 1. The summed E-state index contributed by atoms with van der Waals surface area (Å²) in [7, 11) is 0. The summed E-state index contributed by atoms with van der Waals surface area (Å²) in [6.07, 6.45) is 6.91. The van der Waals surface area contributed by atoms with Gasteiger partial charge in [0.15, 0.2) is 0 Å². The van der Waals surface area contributed by atoms with Crippen molar-refractivity contribution >= 4 is 23.1 Å². The van der Waals surface area contributed by atoms with Gasteiger partial charge >= 0.3 is 0 Å². The van der Waals surface area contributed by atoms with Crippen LogP contribution in [0.4, 0.5) is 0 Å². The first-order valence-electron chi connectivity index (χ1n) is 7.30. The third kappa shape index (κ3) is 4.60. The summed E-state index contributed by atoms with van der Waals surface area (Å²) in [6.45, 7) is 0.800. The van der Waals surface area contributed by atoms with Crippen molar-refractivity contribution in [3.63, 3.8) is 0 Å². The average Bonchev–Trinajstić information content (AvgIpc) is 2.92. The van der Waals surface area contributed by atoms with Gasteiger partial charge in [-0.05, 0) is 17.9 Å². The van der Waals surface area contributed by atoms with Gasteiger partial charge in [-0.1, -0.05) is 62.2 Å². The van der Waals surface area contributed by atoms with Crippen LogP contribution in [0.1, 0.15) is 43.2 Å². The van der Waals surface area contributed by atoms with E-state index in [4.69, 9.17) is 18.0 Å². The van der Waals surface area contributed by atoms with Gasteiger partial charge in [0.2, 0.25) is 5.91 Å². The molecule has 1 fully saturated rings. The first-order valence-corrected chi connectivity index (χ1v) is 7.71. The van der Waals surface area contributed by atoms with E-state index in [2.05, 4.69) is 5.32 Å². The van der Waals surface area contributed by atoms with Gasteiger partial charge in [-0.3, -0.25) is 4.79 Å². The molecule has 4 heteroatoms. The maximum atomic E-state index is 11.8. The van der Waals surface area contributed by atoms with Crippen molar-refractivity contribution in [2.75, 3.05) is 6.54 Å². The summed E-state index contributed by atoms with van der Waals surface area (Å²) in [5, 5.41) is 3.01. The quantitative estimate of drug-likeness (QED) is 0.792. The highest BCUT2D eigenvalue weighted by atomic mass is 32.1. The number of rotatable bonds is 6. The number of benzene rings is 1. The Balaban J connectivity index is 1.71. The lowest BCUT2D eigenvalue weighted by Gasteiger charge is -2.10. The van der Waals surface area contributed by atoms with Crippen LogP contribution in [0.5, 0.6) is 0 Å². The monoisotopic (exact) mass is 290 g/mol. The van der Waals surface area contributed by atoms with Gasteiger partial charge in [0.25, 0.3) is 0 Å². The van der Waals surface area contributed by atoms with Crippen molar-refractivity contribution in [1.82, 2.24) is 5.32 Å². The number of hydrogen-bond acceptors (Lipinski definition) is 2. The molecular weight excluding hydrogens is 268 g/mol. The molecule has 0 radical (unpaired) electrons. The molecule has 0 aliphatic heterocycles. The Labute approximate surface area is 125 Å². The summed E-state index contributed by atoms with van der Waals surface area (Å²) in [6, 6.07) is 7.54. The topological polar surface area (TPSA) is 55.1 Å². The minimum atomic E-state index is 0.0890. The van der Waals surface area contributed by atoms with Crippen molar-refractivity contribution in [3.05, 3.63) is 35.4 Å². The van der Waals surface area contributed by atoms with Crippen molar-refractivity contribution in [2.24, 2.45) is 11.7 Å². The Kier molecular flexibility index (Phi) is 5.53. The van der Waals surface area contributed by atoms with Crippen molar-refractivity contribution in [3.8, 4) is 0 Å². The van der Waals surface area contributed by atoms with E-state index in [1.165, 1.54) is 25.7 Å². The van der Waals surface area contributed by atoms with Crippen LogP contribution in [-0.4, -0.2) is 17.4 Å². The van der Waals surface area contributed by atoms with Gasteiger partial charge in [0, 0.05) is 12.1 Å². The summed E-state index contributed by atoms with van der Waals surface area (Å²) >= 11 is 4.90. The van der Waals surface area contributed by atoms with Crippen LogP contribution < -0.4 is 11.1 Å². The van der Waals surface area contributed by atoms with Crippen LogP contribution in [0.3, 0.4) is 0 Å². The lowest BCUT2D eigenvalue weighted by atomic mass is 10.0. The molecule has 1 saturated carbocycles. The Morgan fingerprint density at radius 2 is 1.90 bits per heavy atom. The van der Waals surface area contributed by atoms with E-state index >= 15 is 0 Å². The van der Waals surface area contributed by atoms with Gasteiger partial charge < -0.3 is 11.1 Å². The zero-order valence-corrected chi connectivity index (χ0v) is 12.5. The predicted octanol–water partition coefficient (Wildman–Crippen LogP) is 2.56. The molecule has 0 saturated heterocycles. The second kappa shape index (κ2) is 7.39. The molecule has 3 nitrogen and oxygen atoms in total. The van der Waals surface area contributed by atoms with Gasteiger partial charge in [-0.15, -0.1) is 0 Å². The Hall–Kier alpha value is -1.42. The fourth-order valence-electron chi connectivity index (χ4n) is 2.75. The van der Waals surface area contributed by atoms with Crippen LogP contribution in [0.15, 0.2) is 24.3 Å². The lowest BCUT2D eigenvalue weighted by molar-refractivity contribution is -0.120. The molecule has 20 heavy (non-hydrogen) atoms. The van der Waals surface area contributed by atoms with Crippen molar-refractivity contribution < 1.29 is 4.79 Å². The highest BCUT2D eigenvalue weighted by molar-refractivity contribution is 7.80. The molecule has 0 unspecified atom stereocenters. The highest BCUT2D eigenvalue weighted by Gasteiger charge is 2.14. The minimum Gasteiger partial charge on any atom is -0.389 e. The number of thiocarbonyl (C=S) groups is 1. The van der Waals surface area contributed by atoms with Gasteiger partial charge in [-0.25, -0.2) is 0 Å². The summed E-state index contributed by atoms with van der Waals surface area (Å²) in [5.74, 6) is 0.909. The van der Waals surface area contributed by atoms with E-state index in [0.29, 0.717) is 11.4 Å². The molecule has 0 spiro atoms. The van der Waals surface area contributed by atoms with Crippen LogP contribution in [0.25, 0.3) is 0 Å². The first-order chi connectivity index (χ1) is 9.65. The maximum absolute atomic E-state index is 11.8. The van der Waals surface area contributed by atoms with E-state index in [1.54, 1.807) is 0 Å². The number of amides is 1. The van der Waals surface area contributed by atoms with E-state index in [-0.39, 0.29) is 5.91 Å². The Bertz CT molecular complexity index is 464. The Morgan fingerprint density at radius 1 is 1.25 bits per heavy atom. The maximum Gasteiger partial charge on any atom is 0.224 e. The largest absolute Gasteiger partial charge is 0.389 e. The van der Waals surface area contributed by atoms with E-state index < -0.39 is 0 Å². The molecule has 1 amide bonds. The lowest BCUT2D eigenvalue weighted by Crippen LogP contribution is -2.27. The molecule has 0 aromatic heterocycles. The zero-order chi connectivity index (χ0) is 14.4. The molecule has 108 valence electrons. The number of hydrogen-bond donors (Lipinski definition) is 2. The Morgan fingerprint density at radius 3 is 2.50 bits per heavy atom. The number of nitrogens with one attached hydrogen (secondary N) is 1. The van der Waals surface area contributed by atoms with Crippen molar-refractivity contribution in [2.45, 2.75) is 38.5 Å². The van der Waals surface area contributed by atoms with Gasteiger partial charge in [-0.2, -0.15) is 0 Å². The molecule has 1 aromatic rings. The molecule has 0 atom stereocenters. The molecule has 1 aliphatic carbocycles. The second-order valence-electron chi connectivity index (χ2n) is 5.53. The summed E-state index contributed by atoms with van der Waals surface area (Å²) in [4.78, 5) is 12.2. The van der Waals surface area contributed by atoms with E-state index in [1.807, 2.05) is 24.3 Å². The van der Waals surface area contributed by atoms with Gasteiger partial charge in [0.05, 0.1) is 6.42 Å². The molecule has 1 aromatic carbocycles. The second-order valence-corrected chi connectivity index (χ2v) is 5.97. The molecule has 0 bridgehead atoms. The van der Waals surface area contributed by atoms with Crippen LogP contribution in [0, 0.1) is 5.92 Å². The molecule has 3 N–H and O–H groups in total. The first kappa shape index (κ1) is 15.0. The van der Waals surface area contributed by atoms with Crippen molar-refractivity contribution in [1.29, 1.82) is 0 Å². The number of nitrogens with two attached hydrogens (primary N) is 1. The average molecular weight is 290 g/mol. The third-order valence-electron chi connectivity index (χ3n) is 3.95. The molecule has 0 heterocycles. The molecular formula is C16H22N2OS. The zero-order valence-electron chi connectivity index (χ0n) is 11.7.